The van der Waals surface area contributed by atoms with E-state index in [-0.39, 0.29) is 6.03 Å². The van der Waals surface area contributed by atoms with Gasteiger partial charge in [0.1, 0.15) is 0 Å². The second-order valence-corrected chi connectivity index (χ2v) is 7.17. The van der Waals surface area contributed by atoms with E-state index in [0.717, 1.165) is 44.0 Å². The number of nitrogens with one attached hydrogen (secondary N) is 1. The van der Waals surface area contributed by atoms with Crippen LogP contribution in [0.25, 0.3) is 5.69 Å². The zero-order chi connectivity index (χ0) is 18.2. The van der Waals surface area contributed by atoms with Gasteiger partial charge < -0.3 is 10.2 Å². The number of carbonyl (C=O) groups is 1. The maximum Gasteiger partial charge on any atom is 0.317 e. The molecule has 26 heavy (non-hydrogen) atoms. The highest BCUT2D eigenvalue weighted by molar-refractivity contribution is 5.74. The van der Waals surface area contributed by atoms with Crippen LogP contribution in [0.4, 0.5) is 4.79 Å². The minimum absolute atomic E-state index is 0.0929. The number of hydrogen-bond donors (Lipinski definition) is 1. The Morgan fingerprint density at radius 2 is 2.08 bits per heavy atom. The molecule has 1 aliphatic heterocycles. The van der Waals surface area contributed by atoms with E-state index in [1.807, 2.05) is 21.8 Å². The van der Waals surface area contributed by atoms with Gasteiger partial charge in [0.15, 0.2) is 0 Å². The summed E-state index contributed by atoms with van der Waals surface area (Å²) in [4.78, 5) is 14.4. The minimum Gasteiger partial charge on any atom is -0.338 e. The number of hydrogen-bond acceptors (Lipinski definition) is 2. The average molecular weight is 354 g/mol. The first-order valence-corrected chi connectivity index (χ1v) is 9.88. The van der Waals surface area contributed by atoms with Gasteiger partial charge in [-0.1, -0.05) is 31.9 Å². The van der Waals surface area contributed by atoms with Crippen LogP contribution in [0.2, 0.25) is 0 Å². The van der Waals surface area contributed by atoms with Gasteiger partial charge >= 0.3 is 6.03 Å². The molecule has 1 saturated heterocycles. The van der Waals surface area contributed by atoms with Crippen molar-refractivity contribution in [3.8, 4) is 5.69 Å². The summed E-state index contributed by atoms with van der Waals surface area (Å²) >= 11 is 0. The lowest BCUT2D eigenvalue weighted by Crippen LogP contribution is -2.41. The quantitative estimate of drug-likeness (QED) is 0.851. The summed E-state index contributed by atoms with van der Waals surface area (Å²) in [6.07, 6.45) is 10.6. The Hall–Kier alpha value is -2.30. The first-order chi connectivity index (χ1) is 12.8. The standard InChI is InChI=1S/C21H30N4O/c1-2-5-18-6-3-15-24(17-12-18)21(26)22-14-11-19-7-9-20(10-8-19)25-16-4-13-23-25/h4,7-10,13,16,18H,2-3,5-6,11-12,14-15,17H2,1H3,(H,22,26). The van der Waals surface area contributed by atoms with Gasteiger partial charge in [-0.15, -0.1) is 0 Å². The van der Waals surface area contributed by atoms with Crippen LogP contribution in [-0.2, 0) is 6.42 Å². The van der Waals surface area contributed by atoms with Crippen LogP contribution < -0.4 is 5.32 Å². The van der Waals surface area contributed by atoms with Gasteiger partial charge in [-0.3, -0.25) is 0 Å². The number of amides is 2. The van der Waals surface area contributed by atoms with Crippen molar-refractivity contribution >= 4 is 6.03 Å². The molecule has 2 heterocycles. The Labute approximate surface area is 156 Å². The molecule has 0 spiro atoms. The first-order valence-electron chi connectivity index (χ1n) is 9.88. The van der Waals surface area contributed by atoms with E-state index in [4.69, 9.17) is 0 Å². The van der Waals surface area contributed by atoms with E-state index in [2.05, 4.69) is 41.6 Å². The molecular weight excluding hydrogens is 324 g/mol. The third-order valence-corrected chi connectivity index (χ3v) is 5.23. The predicted molar refractivity (Wildman–Crippen MR) is 104 cm³/mol. The van der Waals surface area contributed by atoms with Crippen LogP contribution in [0.5, 0.6) is 0 Å². The summed E-state index contributed by atoms with van der Waals surface area (Å²) in [6.45, 7) is 4.71. The molecular formula is C21H30N4O. The molecule has 3 rings (SSSR count). The molecule has 1 aliphatic rings. The Kier molecular flexibility index (Phi) is 6.69. The predicted octanol–water partition coefficient (Wildman–Crippen LogP) is 4.03. The van der Waals surface area contributed by atoms with Crippen molar-refractivity contribution in [3.05, 3.63) is 48.3 Å². The second kappa shape index (κ2) is 9.41. The average Bonchev–Trinajstić information content (AvgIpc) is 3.09. The van der Waals surface area contributed by atoms with Crippen LogP contribution in [0.3, 0.4) is 0 Å². The topological polar surface area (TPSA) is 50.2 Å². The molecule has 2 amide bonds. The zero-order valence-electron chi connectivity index (χ0n) is 15.7. The Morgan fingerprint density at radius 1 is 1.23 bits per heavy atom. The molecule has 0 radical (unpaired) electrons. The summed E-state index contributed by atoms with van der Waals surface area (Å²) in [6, 6.07) is 10.3. The fourth-order valence-corrected chi connectivity index (χ4v) is 3.73. The molecule has 1 aromatic heterocycles. The minimum atomic E-state index is 0.0929. The van der Waals surface area contributed by atoms with Crippen molar-refractivity contribution < 1.29 is 4.79 Å². The highest BCUT2D eigenvalue weighted by Gasteiger charge is 2.19. The lowest BCUT2D eigenvalue weighted by atomic mass is 9.96. The number of benzene rings is 1. The summed E-state index contributed by atoms with van der Waals surface area (Å²) in [7, 11) is 0. The summed E-state index contributed by atoms with van der Waals surface area (Å²) in [5.74, 6) is 0.797. The maximum atomic E-state index is 12.4. The van der Waals surface area contributed by atoms with Gasteiger partial charge in [-0.2, -0.15) is 5.10 Å². The van der Waals surface area contributed by atoms with Crippen molar-refractivity contribution in [2.45, 2.75) is 45.4 Å². The van der Waals surface area contributed by atoms with Crippen LogP contribution in [0, 0.1) is 5.92 Å². The number of nitrogens with zero attached hydrogens (tertiary/aromatic N) is 3. The SMILES string of the molecule is CCCC1CCCN(C(=O)NCCc2ccc(-n3cccn3)cc2)CC1. The van der Waals surface area contributed by atoms with Crippen LogP contribution in [0.1, 0.15) is 44.6 Å². The number of rotatable bonds is 6. The van der Waals surface area contributed by atoms with Gasteiger partial charge in [0.25, 0.3) is 0 Å². The molecule has 0 bridgehead atoms. The molecule has 5 heteroatoms. The van der Waals surface area contributed by atoms with E-state index >= 15 is 0 Å². The van der Waals surface area contributed by atoms with E-state index in [0.29, 0.717) is 6.54 Å². The normalized spacial score (nSPS) is 17.7. The molecule has 5 nitrogen and oxygen atoms in total. The van der Waals surface area contributed by atoms with E-state index in [1.165, 1.54) is 24.8 Å². The van der Waals surface area contributed by atoms with E-state index in [1.54, 1.807) is 6.20 Å². The zero-order valence-corrected chi connectivity index (χ0v) is 15.7. The lowest BCUT2D eigenvalue weighted by molar-refractivity contribution is 0.199. The molecule has 1 aromatic carbocycles. The molecule has 1 N–H and O–H groups in total. The lowest BCUT2D eigenvalue weighted by Gasteiger charge is -2.21. The molecule has 0 saturated carbocycles. The third-order valence-electron chi connectivity index (χ3n) is 5.23. The second-order valence-electron chi connectivity index (χ2n) is 7.17. The number of carbonyl (C=O) groups excluding carboxylic acids is 1. The monoisotopic (exact) mass is 354 g/mol. The molecule has 0 aliphatic carbocycles. The number of likely N-dealkylation sites (tertiary alicyclic amines) is 1. The van der Waals surface area contributed by atoms with Crippen LogP contribution in [-0.4, -0.2) is 40.3 Å². The first kappa shape index (κ1) is 18.5. The van der Waals surface area contributed by atoms with Crippen LogP contribution >= 0.6 is 0 Å². The molecule has 1 unspecified atom stereocenters. The Morgan fingerprint density at radius 3 is 2.81 bits per heavy atom. The maximum absolute atomic E-state index is 12.4. The number of aromatic nitrogens is 2. The molecule has 140 valence electrons. The number of urea groups is 1. The van der Waals surface area contributed by atoms with Crippen LogP contribution in [0.15, 0.2) is 42.7 Å². The van der Waals surface area contributed by atoms with E-state index < -0.39 is 0 Å². The largest absolute Gasteiger partial charge is 0.338 e. The van der Waals surface area contributed by atoms with Gasteiger partial charge in [0, 0.05) is 32.0 Å². The summed E-state index contributed by atoms with van der Waals surface area (Å²) < 4.78 is 1.84. The van der Waals surface area contributed by atoms with Gasteiger partial charge in [-0.05, 0) is 55.4 Å². The summed E-state index contributed by atoms with van der Waals surface area (Å²) in [5.41, 5.74) is 2.27. The van der Waals surface area contributed by atoms with Crippen molar-refractivity contribution in [2.24, 2.45) is 5.92 Å². The molecule has 1 atom stereocenters. The van der Waals surface area contributed by atoms with Gasteiger partial charge in [-0.25, -0.2) is 9.48 Å². The highest BCUT2D eigenvalue weighted by atomic mass is 16.2. The summed E-state index contributed by atoms with van der Waals surface area (Å²) in [5, 5.41) is 7.32. The fourth-order valence-electron chi connectivity index (χ4n) is 3.73. The van der Waals surface area contributed by atoms with Crippen molar-refractivity contribution in [1.29, 1.82) is 0 Å². The van der Waals surface area contributed by atoms with Crippen molar-refractivity contribution in [1.82, 2.24) is 20.0 Å². The van der Waals surface area contributed by atoms with Crippen molar-refractivity contribution in [2.75, 3.05) is 19.6 Å². The molecule has 1 fully saturated rings. The fraction of sp³-hybridized carbons (Fsp3) is 0.524. The van der Waals surface area contributed by atoms with E-state index in [9.17, 15) is 4.79 Å². The third kappa shape index (κ3) is 5.10. The highest BCUT2D eigenvalue weighted by Crippen LogP contribution is 2.21. The Balaban J connectivity index is 1.42. The smallest absolute Gasteiger partial charge is 0.317 e. The van der Waals surface area contributed by atoms with Gasteiger partial charge in [0.05, 0.1) is 5.69 Å². The Bertz CT molecular complexity index is 666. The van der Waals surface area contributed by atoms with Crippen molar-refractivity contribution in [3.63, 3.8) is 0 Å². The van der Waals surface area contributed by atoms with Gasteiger partial charge in [0.2, 0.25) is 0 Å². The molecule has 2 aromatic rings.